The Morgan fingerprint density at radius 2 is 1.31 bits per heavy atom. The molecule has 0 nitrogen and oxygen atoms in total. The molecule has 0 N–H and O–H groups in total. The molecule has 1 aromatic rings. The summed E-state index contributed by atoms with van der Waals surface area (Å²) in [6.07, 6.45) is 15.4. The van der Waals surface area contributed by atoms with Crippen molar-refractivity contribution in [2.45, 2.75) is 119 Å². The van der Waals surface area contributed by atoms with Crippen molar-refractivity contribution in [2.75, 3.05) is 0 Å². The van der Waals surface area contributed by atoms with E-state index >= 15 is 0 Å². The van der Waals surface area contributed by atoms with Crippen molar-refractivity contribution >= 4 is 32.6 Å². The maximum absolute atomic E-state index is 2.61. The second-order valence-corrected chi connectivity index (χ2v) is 23.8. The molecular formula is C24H46SSn. The first-order chi connectivity index (χ1) is 12.7. The summed E-state index contributed by atoms with van der Waals surface area (Å²) in [5, 5.41) is 0. The van der Waals surface area contributed by atoms with Gasteiger partial charge in [0.25, 0.3) is 0 Å². The first kappa shape index (κ1) is 24.5. The Balaban J connectivity index is 2.95. The summed E-state index contributed by atoms with van der Waals surface area (Å²) in [5.41, 5.74) is 0. The van der Waals surface area contributed by atoms with E-state index in [9.17, 15) is 0 Å². The molecule has 1 rings (SSSR count). The van der Waals surface area contributed by atoms with Crippen molar-refractivity contribution in [3.05, 3.63) is 17.0 Å². The summed E-state index contributed by atoms with van der Waals surface area (Å²) in [6.45, 7) is 11.9. The Bertz CT molecular complexity index is 429. The molecule has 1 heterocycles. The average Bonchev–Trinajstić information content (AvgIpc) is 3.14. The van der Waals surface area contributed by atoms with Crippen LogP contribution in [0.3, 0.4) is 0 Å². The van der Waals surface area contributed by atoms with E-state index in [-0.39, 0.29) is 0 Å². The van der Waals surface area contributed by atoms with Crippen LogP contribution in [0.2, 0.25) is 13.3 Å². The van der Waals surface area contributed by atoms with Gasteiger partial charge in [-0.1, -0.05) is 0 Å². The van der Waals surface area contributed by atoms with Crippen molar-refractivity contribution in [1.82, 2.24) is 0 Å². The molecule has 1 unspecified atom stereocenters. The molecule has 26 heavy (non-hydrogen) atoms. The fourth-order valence-corrected chi connectivity index (χ4v) is 24.7. The van der Waals surface area contributed by atoms with Gasteiger partial charge in [-0.05, 0) is 0 Å². The summed E-state index contributed by atoms with van der Waals surface area (Å²) in [7, 11) is 0. The Kier molecular flexibility index (Phi) is 13.7. The third-order valence-corrected chi connectivity index (χ3v) is 25.6. The van der Waals surface area contributed by atoms with Crippen LogP contribution in [0.15, 0.2) is 12.1 Å². The fraction of sp³-hybridized carbons (Fsp3) is 0.833. The molecular weight excluding hydrogens is 439 g/mol. The zero-order valence-corrected chi connectivity index (χ0v) is 22.2. The monoisotopic (exact) mass is 486 g/mol. The van der Waals surface area contributed by atoms with Gasteiger partial charge >= 0.3 is 174 Å². The van der Waals surface area contributed by atoms with Gasteiger partial charge in [0.05, 0.1) is 0 Å². The van der Waals surface area contributed by atoms with E-state index in [2.05, 4.69) is 58.1 Å². The van der Waals surface area contributed by atoms with Crippen LogP contribution in [0.4, 0.5) is 0 Å². The molecule has 0 bridgehead atoms. The van der Waals surface area contributed by atoms with E-state index in [1.807, 2.05) is 2.89 Å². The Morgan fingerprint density at radius 3 is 1.77 bits per heavy atom. The maximum atomic E-state index is 2.61. The summed E-state index contributed by atoms with van der Waals surface area (Å²) in [6, 6.07) is 5.15. The second-order valence-electron chi connectivity index (χ2n) is 8.48. The molecule has 0 fully saturated rings. The number of thiophene rings is 1. The van der Waals surface area contributed by atoms with Crippen molar-refractivity contribution in [3.63, 3.8) is 0 Å². The topological polar surface area (TPSA) is 0 Å². The van der Waals surface area contributed by atoms with Crippen LogP contribution in [0.5, 0.6) is 0 Å². The first-order valence-corrected chi connectivity index (χ1v) is 20.0. The van der Waals surface area contributed by atoms with Crippen molar-refractivity contribution in [3.8, 4) is 0 Å². The summed E-state index contributed by atoms with van der Waals surface area (Å²) in [4.78, 5) is 1.70. The van der Waals surface area contributed by atoms with E-state index in [0.29, 0.717) is 0 Å². The third kappa shape index (κ3) is 8.25. The Labute approximate surface area is 173 Å². The van der Waals surface area contributed by atoms with E-state index in [4.69, 9.17) is 0 Å². The van der Waals surface area contributed by atoms with Gasteiger partial charge in [-0.25, -0.2) is 0 Å². The van der Waals surface area contributed by atoms with E-state index < -0.39 is 18.4 Å². The molecule has 1 aromatic heterocycles. The van der Waals surface area contributed by atoms with Crippen LogP contribution in [-0.4, -0.2) is 18.4 Å². The van der Waals surface area contributed by atoms with Gasteiger partial charge in [0.15, 0.2) is 0 Å². The van der Waals surface area contributed by atoms with Gasteiger partial charge in [0.1, 0.15) is 0 Å². The number of rotatable bonds is 16. The molecule has 0 amide bonds. The van der Waals surface area contributed by atoms with E-state index in [1.165, 1.54) is 70.6 Å². The van der Waals surface area contributed by atoms with Crippen LogP contribution in [0.1, 0.15) is 104 Å². The standard InChI is InChI=1S/C12H19S.3C4H9.Sn/c1-3-5-7-11(4-2)10-12-8-6-9-13-12;3*1-3-4-2;/h6,8,11H,3-5,7,10H2,1-2H3;3*1,3-4H2,2H3;. The van der Waals surface area contributed by atoms with Gasteiger partial charge in [0.2, 0.25) is 0 Å². The van der Waals surface area contributed by atoms with Gasteiger partial charge < -0.3 is 0 Å². The van der Waals surface area contributed by atoms with Crippen molar-refractivity contribution < 1.29 is 0 Å². The second kappa shape index (κ2) is 14.5. The molecule has 0 saturated heterocycles. The van der Waals surface area contributed by atoms with Crippen LogP contribution >= 0.6 is 11.3 Å². The normalized spacial score (nSPS) is 13.3. The predicted molar refractivity (Wildman–Crippen MR) is 126 cm³/mol. The molecule has 1 atom stereocenters. The van der Waals surface area contributed by atoms with E-state index in [1.54, 1.807) is 18.2 Å². The number of hydrogen-bond donors (Lipinski definition) is 0. The molecule has 0 aliphatic heterocycles. The van der Waals surface area contributed by atoms with Crippen LogP contribution in [-0.2, 0) is 6.42 Å². The zero-order chi connectivity index (χ0) is 19.3. The van der Waals surface area contributed by atoms with Crippen molar-refractivity contribution in [2.24, 2.45) is 5.92 Å². The summed E-state index contributed by atoms with van der Waals surface area (Å²) in [5.74, 6) is 0.910. The summed E-state index contributed by atoms with van der Waals surface area (Å²) < 4.78 is 6.75. The molecule has 0 aliphatic carbocycles. The first-order valence-electron chi connectivity index (χ1n) is 11.7. The Hall–Kier alpha value is 0.499. The number of hydrogen-bond acceptors (Lipinski definition) is 1. The van der Waals surface area contributed by atoms with Gasteiger partial charge in [0, 0.05) is 0 Å². The van der Waals surface area contributed by atoms with Gasteiger partial charge in [-0.15, -0.1) is 0 Å². The Morgan fingerprint density at radius 1 is 0.769 bits per heavy atom. The molecule has 0 aromatic carbocycles. The third-order valence-electron chi connectivity index (χ3n) is 6.24. The minimum absolute atomic E-state index is 0.910. The van der Waals surface area contributed by atoms with Gasteiger partial charge in [-0.3, -0.25) is 0 Å². The minimum atomic E-state index is -2.18. The number of unbranched alkanes of at least 4 members (excludes halogenated alkanes) is 4. The molecule has 0 radical (unpaired) electrons. The van der Waals surface area contributed by atoms with Crippen molar-refractivity contribution in [1.29, 1.82) is 0 Å². The predicted octanol–water partition coefficient (Wildman–Crippen LogP) is 8.56. The zero-order valence-electron chi connectivity index (χ0n) is 18.5. The van der Waals surface area contributed by atoms with Crippen LogP contribution < -0.4 is 2.89 Å². The SMILES string of the molecule is CCCCC(CC)Cc1cc[c]([Sn]([CH2]CCC)([CH2]CCC)[CH2]CCC)s1. The molecule has 2 heteroatoms. The van der Waals surface area contributed by atoms with Crippen LogP contribution in [0, 0.1) is 5.92 Å². The quantitative estimate of drug-likeness (QED) is 0.206. The van der Waals surface area contributed by atoms with Crippen LogP contribution in [0.25, 0.3) is 0 Å². The molecule has 0 spiro atoms. The molecule has 0 aliphatic rings. The fourth-order valence-electron chi connectivity index (χ4n) is 4.29. The van der Waals surface area contributed by atoms with E-state index in [0.717, 1.165) is 5.92 Å². The molecule has 0 saturated carbocycles. The molecule has 152 valence electrons. The van der Waals surface area contributed by atoms with Gasteiger partial charge in [-0.2, -0.15) is 0 Å². The summed E-state index contributed by atoms with van der Waals surface area (Å²) >= 11 is 0.0838. The average molecular weight is 485 g/mol.